The van der Waals surface area contributed by atoms with Crippen molar-refractivity contribution in [1.29, 1.82) is 0 Å². The molecular weight excluding hydrogens is 677 g/mol. The van der Waals surface area contributed by atoms with Gasteiger partial charge in [0, 0.05) is 45.1 Å². The number of aromatic nitrogens is 4. The van der Waals surface area contributed by atoms with E-state index in [-0.39, 0.29) is 0 Å². The van der Waals surface area contributed by atoms with E-state index in [0.29, 0.717) is 22.7 Å². The van der Waals surface area contributed by atoms with Crippen LogP contribution in [0.3, 0.4) is 0 Å². The van der Waals surface area contributed by atoms with Gasteiger partial charge in [-0.25, -0.2) is 19.9 Å². The maximum Gasteiger partial charge on any atom is 0.157 e. The normalized spacial score (nSPS) is 11.8. The van der Waals surface area contributed by atoms with E-state index in [4.69, 9.17) is 28.8 Å². The summed E-state index contributed by atoms with van der Waals surface area (Å²) in [6.45, 7) is 0. The highest BCUT2D eigenvalue weighted by molar-refractivity contribution is 7.24. The molecule has 8 nitrogen and oxygen atoms in total. The summed E-state index contributed by atoms with van der Waals surface area (Å²) in [7, 11) is 0. The van der Waals surface area contributed by atoms with E-state index in [2.05, 4.69) is 82.6 Å². The maximum absolute atomic E-state index is 6.27. The molecule has 6 aromatic carbocycles. The molecule has 9 heteroatoms. The van der Waals surface area contributed by atoms with E-state index in [1.54, 1.807) is 12.4 Å². The third-order valence-electron chi connectivity index (χ3n) is 9.60. The highest BCUT2D eigenvalue weighted by Gasteiger charge is 2.22. The molecule has 0 unspecified atom stereocenters. The first-order valence-electron chi connectivity index (χ1n) is 17.2. The second-order valence-electron chi connectivity index (χ2n) is 12.8. The Bertz CT molecular complexity index is 2940. The maximum atomic E-state index is 6.27. The Balaban J connectivity index is 1.03. The van der Waals surface area contributed by atoms with Gasteiger partial charge in [-0.05, 0) is 60.7 Å². The number of nitrogens with zero attached hydrogens (tertiary/aromatic N) is 6. The molecule has 0 aliphatic heterocycles. The minimum absolute atomic E-state index is 0.677. The zero-order valence-corrected chi connectivity index (χ0v) is 28.7. The van der Waals surface area contributed by atoms with Crippen LogP contribution < -0.4 is 9.80 Å². The van der Waals surface area contributed by atoms with Gasteiger partial charge in [0.05, 0.1) is 23.8 Å². The smallest absolute Gasteiger partial charge is 0.157 e. The molecule has 0 aliphatic carbocycles. The van der Waals surface area contributed by atoms with Gasteiger partial charge in [-0.2, -0.15) is 0 Å². The summed E-state index contributed by atoms with van der Waals surface area (Å²) in [4.78, 5) is 25.9. The number of rotatable bonds is 6. The number of thiophene rings is 1. The summed E-state index contributed by atoms with van der Waals surface area (Å²) in [5.41, 5.74) is 8.49. The van der Waals surface area contributed by atoms with Crippen molar-refractivity contribution in [2.45, 2.75) is 0 Å². The van der Waals surface area contributed by atoms with Crippen molar-refractivity contribution in [2.75, 3.05) is 9.80 Å². The van der Waals surface area contributed by atoms with Crippen LogP contribution in [0, 0.1) is 0 Å². The Hall–Kier alpha value is -7.10. The topological polar surface area (TPSA) is 84.3 Å². The molecule has 0 saturated carbocycles. The molecule has 0 bridgehead atoms. The Labute approximate surface area is 305 Å². The third kappa shape index (κ3) is 4.82. The molecule has 0 saturated heterocycles. The summed E-state index contributed by atoms with van der Waals surface area (Å²) in [6.07, 6.45) is 3.61. The molecule has 0 amide bonds. The summed E-state index contributed by atoms with van der Waals surface area (Å²) < 4.78 is 12.5. The van der Waals surface area contributed by atoms with Gasteiger partial charge in [-0.1, -0.05) is 84.1 Å². The number of fused-ring (bicyclic) bond motifs is 9. The van der Waals surface area contributed by atoms with Crippen LogP contribution in [0.25, 0.3) is 64.6 Å². The van der Waals surface area contributed by atoms with Crippen molar-refractivity contribution in [3.05, 3.63) is 158 Å². The van der Waals surface area contributed by atoms with Crippen LogP contribution in [0.4, 0.5) is 34.4 Å². The van der Waals surface area contributed by atoms with E-state index >= 15 is 0 Å². The molecule has 11 aromatic rings. The van der Waals surface area contributed by atoms with E-state index in [9.17, 15) is 0 Å². The number of hydrogen-bond acceptors (Lipinski definition) is 9. The largest absolute Gasteiger partial charge is 0.456 e. The summed E-state index contributed by atoms with van der Waals surface area (Å²) >= 11 is 1.48. The molecule has 0 fully saturated rings. The van der Waals surface area contributed by atoms with Gasteiger partial charge in [0.25, 0.3) is 0 Å². The molecule has 0 aliphatic rings. The molecule has 11 rings (SSSR count). The lowest BCUT2D eigenvalue weighted by Gasteiger charge is -2.23. The number of hydrogen-bond donors (Lipinski definition) is 0. The minimum Gasteiger partial charge on any atom is -0.456 e. The Morgan fingerprint density at radius 1 is 0.396 bits per heavy atom. The van der Waals surface area contributed by atoms with E-state index in [1.807, 2.05) is 72.8 Å². The summed E-state index contributed by atoms with van der Waals surface area (Å²) in [5.74, 6) is 1.35. The summed E-state index contributed by atoms with van der Waals surface area (Å²) in [6, 6.07) is 49.1. The van der Waals surface area contributed by atoms with Gasteiger partial charge in [0.15, 0.2) is 11.6 Å². The molecule has 250 valence electrons. The quantitative estimate of drug-likeness (QED) is 0.169. The highest BCUT2D eigenvalue weighted by Crippen LogP contribution is 2.41. The zero-order valence-electron chi connectivity index (χ0n) is 27.9. The average Bonchev–Trinajstić information content (AvgIpc) is 3.89. The van der Waals surface area contributed by atoms with E-state index in [0.717, 1.165) is 76.3 Å². The highest BCUT2D eigenvalue weighted by atomic mass is 32.1. The first-order valence-corrected chi connectivity index (χ1v) is 18.0. The molecule has 5 heterocycles. The number of furan rings is 2. The van der Waals surface area contributed by atoms with Crippen molar-refractivity contribution < 1.29 is 8.83 Å². The predicted octanol–water partition coefficient (Wildman–Crippen LogP) is 12.4. The monoisotopic (exact) mass is 702 g/mol. The number of anilines is 6. The minimum atomic E-state index is 0.677. The van der Waals surface area contributed by atoms with Crippen molar-refractivity contribution in [3.63, 3.8) is 0 Å². The fraction of sp³-hybridized carbons (Fsp3) is 0. The van der Waals surface area contributed by atoms with Crippen LogP contribution in [0.5, 0.6) is 0 Å². The number of benzene rings is 6. The van der Waals surface area contributed by atoms with Crippen molar-refractivity contribution in [2.24, 2.45) is 0 Å². The first kappa shape index (κ1) is 29.6. The van der Waals surface area contributed by atoms with Crippen LogP contribution >= 0.6 is 11.3 Å². The van der Waals surface area contributed by atoms with Crippen LogP contribution in [0.1, 0.15) is 0 Å². The zero-order chi connectivity index (χ0) is 34.9. The third-order valence-corrected chi connectivity index (χ3v) is 10.6. The van der Waals surface area contributed by atoms with E-state index in [1.165, 1.54) is 11.3 Å². The van der Waals surface area contributed by atoms with Gasteiger partial charge in [0.1, 0.15) is 43.0 Å². The van der Waals surface area contributed by atoms with Crippen molar-refractivity contribution in [3.8, 4) is 0 Å². The molecule has 53 heavy (non-hydrogen) atoms. The number of para-hydroxylation sites is 4. The molecule has 0 radical (unpaired) electrons. The Kier molecular flexibility index (Phi) is 6.55. The fourth-order valence-electron chi connectivity index (χ4n) is 7.19. The average molecular weight is 703 g/mol. The van der Waals surface area contributed by atoms with Gasteiger partial charge < -0.3 is 8.83 Å². The van der Waals surface area contributed by atoms with Gasteiger partial charge in [-0.15, -0.1) is 0 Å². The van der Waals surface area contributed by atoms with Crippen molar-refractivity contribution >= 4 is 110 Å². The fourth-order valence-corrected chi connectivity index (χ4v) is 8.14. The van der Waals surface area contributed by atoms with Crippen molar-refractivity contribution in [1.82, 2.24) is 19.9 Å². The lowest BCUT2D eigenvalue weighted by atomic mass is 10.1. The Morgan fingerprint density at radius 2 is 0.811 bits per heavy atom. The second kappa shape index (κ2) is 11.7. The summed E-state index contributed by atoms with van der Waals surface area (Å²) in [5, 5.41) is 4.32. The standard InChI is InChI=1S/C44H26N6O2S/c1-3-11-27(12-4-1)49(29-19-21-33-31-15-7-9-17-35(31)51-37(33)23-29)39-25-45-41-42-44(53-43(41)47-39)48-40(26-46-42)50(28-13-5-2-6-14-28)30-20-22-34-32-16-8-10-18-36(32)52-38(34)24-30/h1-26H. The molecule has 5 aromatic heterocycles. The molecular formula is C44H26N6O2S. The van der Waals surface area contributed by atoms with Gasteiger partial charge >= 0.3 is 0 Å². The Morgan fingerprint density at radius 3 is 1.28 bits per heavy atom. The van der Waals surface area contributed by atoms with Crippen LogP contribution in [-0.2, 0) is 0 Å². The SMILES string of the molecule is c1ccc(N(c2ccc3c(c2)oc2ccccc23)c2cnc3c(n2)sc2nc(N(c4ccccc4)c4ccc5c(c4)oc4ccccc45)cnc23)cc1. The lowest BCUT2D eigenvalue weighted by Crippen LogP contribution is -2.12. The van der Waals surface area contributed by atoms with Gasteiger partial charge in [-0.3, -0.25) is 9.80 Å². The first-order chi connectivity index (χ1) is 26.2. The molecule has 0 spiro atoms. The van der Waals surface area contributed by atoms with Crippen LogP contribution in [-0.4, -0.2) is 19.9 Å². The molecule has 0 N–H and O–H groups in total. The van der Waals surface area contributed by atoms with Crippen LogP contribution in [0.15, 0.2) is 167 Å². The van der Waals surface area contributed by atoms with E-state index < -0.39 is 0 Å². The van der Waals surface area contributed by atoms with Gasteiger partial charge in [0.2, 0.25) is 0 Å². The second-order valence-corrected chi connectivity index (χ2v) is 13.7. The predicted molar refractivity (Wildman–Crippen MR) is 214 cm³/mol. The van der Waals surface area contributed by atoms with Crippen LogP contribution in [0.2, 0.25) is 0 Å². The molecule has 0 atom stereocenters. The lowest BCUT2D eigenvalue weighted by molar-refractivity contribution is 0.668.